The summed E-state index contributed by atoms with van der Waals surface area (Å²) in [6.45, 7) is 21.2. The van der Waals surface area contributed by atoms with Crippen LogP contribution in [-0.4, -0.2) is 54.0 Å². The first kappa shape index (κ1) is 36.6. The maximum Gasteiger partial charge on any atom is 0.309 e. The lowest BCUT2D eigenvalue weighted by atomic mass is 9.33. The van der Waals surface area contributed by atoms with E-state index < -0.39 is 22.8 Å². The van der Waals surface area contributed by atoms with Gasteiger partial charge in [0.05, 0.1) is 17.3 Å². The van der Waals surface area contributed by atoms with Crippen molar-refractivity contribution in [3.8, 4) is 0 Å². The fourth-order valence-corrected chi connectivity index (χ4v) is 13.0. The Morgan fingerprint density at radius 2 is 1.65 bits per heavy atom. The fraction of sp³-hybridized carbons (Fsp3) is 0.854. The third kappa shape index (κ3) is 5.46. The van der Waals surface area contributed by atoms with Crippen molar-refractivity contribution >= 4 is 23.6 Å². The number of aliphatic carboxylic acids is 1. The lowest BCUT2D eigenvalue weighted by Gasteiger charge is -2.72. The predicted octanol–water partition coefficient (Wildman–Crippen LogP) is 7.25. The maximum atomic E-state index is 14.4. The van der Waals surface area contributed by atoms with Gasteiger partial charge in [-0.05, 0) is 136 Å². The average Bonchev–Trinajstić information content (AvgIpc) is 3.63. The number of Topliss-reactive ketones (excluding diaryl/α,β-unsaturated/α-hetero) is 1. The van der Waals surface area contributed by atoms with Gasteiger partial charge in [-0.2, -0.15) is 0 Å². The molecule has 3 unspecified atom stereocenters. The number of carbonyl (C=O) groups is 4. The van der Waals surface area contributed by atoms with Crippen LogP contribution in [0.1, 0.15) is 139 Å². The zero-order chi connectivity index (χ0) is 35.9. The van der Waals surface area contributed by atoms with E-state index in [1.165, 1.54) is 5.57 Å². The molecule has 274 valence electrons. The van der Waals surface area contributed by atoms with Gasteiger partial charge in [-0.15, -0.1) is 0 Å². The lowest BCUT2D eigenvalue weighted by Crippen LogP contribution is -2.66. The van der Waals surface area contributed by atoms with E-state index in [9.17, 15) is 24.3 Å². The van der Waals surface area contributed by atoms with E-state index >= 15 is 0 Å². The number of carboxylic acid groups (broad SMARTS) is 1. The van der Waals surface area contributed by atoms with E-state index in [4.69, 9.17) is 4.74 Å². The van der Waals surface area contributed by atoms with Gasteiger partial charge in [0.1, 0.15) is 6.10 Å². The molecule has 4 saturated carbocycles. The zero-order valence-corrected chi connectivity index (χ0v) is 31.9. The van der Waals surface area contributed by atoms with Crippen molar-refractivity contribution in [2.45, 2.75) is 152 Å². The molecule has 1 amide bonds. The topological polar surface area (TPSA) is 122 Å². The Morgan fingerprint density at radius 3 is 2.29 bits per heavy atom. The summed E-state index contributed by atoms with van der Waals surface area (Å²) in [6, 6.07) is 0.313. The third-order valence-corrected chi connectivity index (χ3v) is 15.9. The summed E-state index contributed by atoms with van der Waals surface area (Å²) in [7, 11) is 0. The van der Waals surface area contributed by atoms with Crippen LogP contribution in [0.5, 0.6) is 0 Å². The minimum absolute atomic E-state index is 0.0311. The average molecular weight is 681 g/mol. The maximum absolute atomic E-state index is 14.4. The standard InChI is InChI=1S/C41H64N2O6/c1-24(2)32-27(44)21-41(34(46)43-23-25-11-10-20-42-25)19-18-39(8)26(33(32)41)12-13-29-38(7)16-15-30(49-31(45)22-36(3,4)35(47)48)37(5,6)28(38)14-17-40(29,39)9/h24-26,28-30,42H,10-23H2,1-9H3,(H,43,46)(H,47,48)/t25-,26?,28?,29?,30+,38+,39-,40-,41-/m1/s1. The molecule has 1 aliphatic heterocycles. The highest BCUT2D eigenvalue weighted by atomic mass is 16.5. The smallest absolute Gasteiger partial charge is 0.309 e. The molecular formula is C41H64N2O6. The molecule has 0 aromatic rings. The highest BCUT2D eigenvalue weighted by molar-refractivity contribution is 6.07. The number of ether oxygens (including phenoxy) is 1. The minimum Gasteiger partial charge on any atom is -0.481 e. The number of allylic oxidation sites excluding steroid dienone is 1. The Balaban J connectivity index is 1.28. The molecule has 9 atom stereocenters. The van der Waals surface area contributed by atoms with Crippen molar-refractivity contribution in [2.24, 2.45) is 56.2 Å². The first-order valence-electron chi connectivity index (χ1n) is 19.5. The number of amides is 1. The van der Waals surface area contributed by atoms with Gasteiger partial charge in [0.25, 0.3) is 0 Å². The number of carboxylic acids is 1. The molecule has 0 bridgehead atoms. The van der Waals surface area contributed by atoms with Crippen LogP contribution in [-0.2, 0) is 23.9 Å². The first-order valence-corrected chi connectivity index (χ1v) is 19.5. The fourth-order valence-electron chi connectivity index (χ4n) is 13.0. The summed E-state index contributed by atoms with van der Waals surface area (Å²) in [5.41, 5.74) is 0.101. The lowest BCUT2D eigenvalue weighted by molar-refractivity contribution is -0.233. The van der Waals surface area contributed by atoms with Gasteiger partial charge in [-0.25, -0.2) is 0 Å². The van der Waals surface area contributed by atoms with Crippen LogP contribution in [0, 0.1) is 56.2 Å². The van der Waals surface area contributed by atoms with Gasteiger partial charge < -0.3 is 20.5 Å². The van der Waals surface area contributed by atoms with Crippen molar-refractivity contribution < 1.29 is 29.0 Å². The number of hydrogen-bond donors (Lipinski definition) is 3. The minimum atomic E-state index is -1.16. The van der Waals surface area contributed by atoms with Gasteiger partial charge in [-0.3, -0.25) is 19.2 Å². The van der Waals surface area contributed by atoms with Gasteiger partial charge in [0, 0.05) is 24.4 Å². The van der Waals surface area contributed by atoms with Gasteiger partial charge >= 0.3 is 11.9 Å². The van der Waals surface area contributed by atoms with Gasteiger partial charge in [0.15, 0.2) is 5.78 Å². The first-order chi connectivity index (χ1) is 22.7. The molecule has 1 saturated heterocycles. The third-order valence-electron chi connectivity index (χ3n) is 15.9. The molecule has 6 rings (SSSR count). The van der Waals surface area contributed by atoms with Gasteiger partial charge in [0.2, 0.25) is 5.91 Å². The van der Waals surface area contributed by atoms with E-state index in [2.05, 4.69) is 59.1 Å². The molecule has 49 heavy (non-hydrogen) atoms. The number of nitrogens with one attached hydrogen (secondary N) is 2. The second-order valence-corrected chi connectivity index (χ2v) is 19.5. The summed E-state index contributed by atoms with van der Waals surface area (Å²) in [5.74, 6) is 0.0112. The van der Waals surface area contributed by atoms with Crippen LogP contribution in [0.2, 0.25) is 0 Å². The number of fused-ring (bicyclic) bond motifs is 7. The second-order valence-electron chi connectivity index (χ2n) is 19.5. The largest absolute Gasteiger partial charge is 0.481 e. The second kappa shape index (κ2) is 12.2. The molecule has 1 heterocycles. The molecule has 5 fully saturated rings. The Hall–Kier alpha value is -2.22. The Bertz CT molecular complexity index is 1420. The normalized spacial score (nSPS) is 41.4. The van der Waals surface area contributed by atoms with Crippen LogP contribution in [0.3, 0.4) is 0 Å². The number of ketones is 1. The van der Waals surface area contributed by atoms with E-state index in [-0.39, 0.29) is 57.7 Å². The number of carbonyl (C=O) groups excluding carboxylic acids is 3. The van der Waals surface area contributed by atoms with Crippen molar-refractivity contribution in [1.29, 1.82) is 0 Å². The molecule has 0 aromatic heterocycles. The number of esters is 1. The number of rotatable bonds is 8. The molecule has 8 heteroatoms. The van der Waals surface area contributed by atoms with Crippen molar-refractivity contribution in [1.82, 2.24) is 10.6 Å². The summed E-state index contributed by atoms with van der Waals surface area (Å²) < 4.78 is 6.15. The van der Waals surface area contributed by atoms with Crippen LogP contribution in [0.4, 0.5) is 0 Å². The highest BCUT2D eigenvalue weighted by Crippen LogP contribution is 2.76. The Morgan fingerprint density at radius 1 is 0.939 bits per heavy atom. The monoisotopic (exact) mass is 680 g/mol. The van der Waals surface area contributed by atoms with E-state index in [1.54, 1.807) is 13.8 Å². The van der Waals surface area contributed by atoms with Crippen molar-refractivity contribution in [3.63, 3.8) is 0 Å². The Labute approximate surface area is 294 Å². The molecule has 0 radical (unpaired) electrons. The summed E-state index contributed by atoms with van der Waals surface area (Å²) >= 11 is 0. The van der Waals surface area contributed by atoms with Crippen LogP contribution < -0.4 is 10.6 Å². The molecule has 3 N–H and O–H groups in total. The van der Waals surface area contributed by atoms with E-state index in [1.807, 2.05) is 0 Å². The summed E-state index contributed by atoms with van der Waals surface area (Å²) in [5, 5.41) is 16.4. The van der Waals surface area contributed by atoms with Crippen LogP contribution in [0.25, 0.3) is 0 Å². The van der Waals surface area contributed by atoms with E-state index in [0.717, 1.165) is 76.3 Å². The van der Waals surface area contributed by atoms with Crippen molar-refractivity contribution in [2.75, 3.05) is 13.1 Å². The quantitative estimate of drug-likeness (QED) is 0.231. The zero-order valence-electron chi connectivity index (χ0n) is 31.9. The summed E-state index contributed by atoms with van der Waals surface area (Å²) in [6.07, 6.45) is 9.80. The molecular weight excluding hydrogens is 616 g/mol. The van der Waals surface area contributed by atoms with Crippen LogP contribution >= 0.6 is 0 Å². The predicted molar refractivity (Wildman–Crippen MR) is 189 cm³/mol. The Kier molecular flexibility index (Phi) is 9.10. The summed E-state index contributed by atoms with van der Waals surface area (Å²) in [4.78, 5) is 53.0. The molecule has 8 nitrogen and oxygen atoms in total. The van der Waals surface area contributed by atoms with Crippen molar-refractivity contribution in [3.05, 3.63) is 11.1 Å². The van der Waals surface area contributed by atoms with E-state index in [0.29, 0.717) is 30.8 Å². The van der Waals surface area contributed by atoms with Gasteiger partial charge in [-0.1, -0.05) is 48.5 Å². The molecule has 0 spiro atoms. The number of hydrogen-bond acceptors (Lipinski definition) is 6. The molecule has 5 aliphatic carbocycles. The van der Waals surface area contributed by atoms with Crippen LogP contribution in [0.15, 0.2) is 11.1 Å². The SMILES string of the molecule is CC(C)C1=C2C3CCC4[C@@]5(C)CC[C@H](OC(=O)CC(C)(C)C(=O)O)C(C)(C)C5CC[C@@]4(C)[C@]3(C)CC[C@@]2(C(=O)NC[C@H]2CCCN2)CC1=O. The molecule has 6 aliphatic rings. The molecule has 0 aromatic carbocycles. The highest BCUT2D eigenvalue weighted by Gasteiger charge is 2.71.